The fourth-order valence-corrected chi connectivity index (χ4v) is 4.59. The number of nitrogens with zero attached hydrogens (tertiary/aromatic N) is 5. The maximum atomic E-state index is 13.1. The van der Waals surface area contributed by atoms with Crippen molar-refractivity contribution in [2.75, 3.05) is 13.1 Å². The van der Waals surface area contributed by atoms with Crippen molar-refractivity contribution in [3.8, 4) is 0 Å². The molecule has 1 N–H and O–H groups in total. The summed E-state index contributed by atoms with van der Waals surface area (Å²) >= 11 is 0. The predicted molar refractivity (Wildman–Crippen MR) is 114 cm³/mol. The number of aromatic nitrogens is 4. The molecule has 0 radical (unpaired) electrons. The average Bonchev–Trinajstić information content (AvgIpc) is 3.29. The van der Waals surface area contributed by atoms with Gasteiger partial charge in [-0.25, -0.2) is 4.98 Å². The molecule has 162 valence electrons. The van der Waals surface area contributed by atoms with Gasteiger partial charge in [0, 0.05) is 36.9 Å². The Morgan fingerprint density at radius 1 is 1.23 bits per heavy atom. The lowest BCUT2D eigenvalue weighted by molar-refractivity contribution is -0.133. The van der Waals surface area contributed by atoms with E-state index in [4.69, 9.17) is 4.98 Å². The van der Waals surface area contributed by atoms with Gasteiger partial charge in [-0.15, -0.1) is 0 Å². The monoisotopic (exact) mass is 412 g/mol. The van der Waals surface area contributed by atoms with Crippen molar-refractivity contribution in [1.29, 1.82) is 0 Å². The molecule has 0 aromatic carbocycles. The molecule has 30 heavy (non-hydrogen) atoms. The second kappa shape index (κ2) is 7.98. The number of fused-ring (bicyclic) bond motifs is 1. The van der Waals surface area contributed by atoms with Crippen LogP contribution in [0.3, 0.4) is 0 Å². The molecule has 2 aromatic heterocycles. The predicted octanol–water partition coefficient (Wildman–Crippen LogP) is 2.02. The largest absolute Gasteiger partial charge is 0.331 e. The van der Waals surface area contributed by atoms with Crippen molar-refractivity contribution in [3.05, 3.63) is 44.4 Å². The van der Waals surface area contributed by atoms with E-state index in [0.29, 0.717) is 25.0 Å². The Kier molecular flexibility index (Phi) is 5.53. The topological polar surface area (TPSA) is 87.1 Å². The lowest BCUT2D eigenvalue weighted by atomic mass is 10.0. The summed E-state index contributed by atoms with van der Waals surface area (Å²) in [5.41, 5.74) is 4.70. The molecule has 1 fully saturated rings. The smallest absolute Gasteiger partial charge is 0.254 e. The van der Waals surface area contributed by atoms with Crippen molar-refractivity contribution in [3.63, 3.8) is 0 Å². The number of likely N-dealkylation sites (tertiary alicyclic amines) is 1. The zero-order valence-electron chi connectivity index (χ0n) is 18.7. The minimum absolute atomic E-state index is 0.0206. The Bertz CT molecular complexity index is 1020. The van der Waals surface area contributed by atoms with Crippen LogP contribution in [-0.4, -0.2) is 54.6 Å². The standard InChI is InChI=1S/C22H32N6O2/c1-13(2)26-10-8-17-18(11-26)23-21(24-22(17)30)19-7-6-9-27(19)20(29)12-28-16(5)14(3)15(4)25-28/h13,19H,6-12H2,1-5H3,(H,23,24,30). The lowest BCUT2D eigenvalue weighted by Crippen LogP contribution is -2.40. The molecular formula is C22H32N6O2. The van der Waals surface area contributed by atoms with E-state index in [1.807, 2.05) is 25.7 Å². The Balaban J connectivity index is 1.58. The van der Waals surface area contributed by atoms with Crippen LogP contribution in [0.4, 0.5) is 0 Å². The van der Waals surface area contributed by atoms with Crippen molar-refractivity contribution >= 4 is 5.91 Å². The maximum absolute atomic E-state index is 13.1. The molecule has 2 aliphatic rings. The van der Waals surface area contributed by atoms with E-state index in [2.05, 4.69) is 28.8 Å². The van der Waals surface area contributed by atoms with Crippen LogP contribution in [0.5, 0.6) is 0 Å². The summed E-state index contributed by atoms with van der Waals surface area (Å²) in [4.78, 5) is 37.9. The third kappa shape index (κ3) is 3.69. The number of carbonyl (C=O) groups is 1. The van der Waals surface area contributed by atoms with E-state index in [0.717, 1.165) is 54.0 Å². The second-order valence-corrected chi connectivity index (χ2v) is 8.89. The van der Waals surface area contributed by atoms with Gasteiger partial charge in [0.15, 0.2) is 0 Å². The number of H-pyrrole nitrogens is 1. The highest BCUT2D eigenvalue weighted by molar-refractivity contribution is 5.76. The quantitative estimate of drug-likeness (QED) is 0.830. The first-order valence-electron chi connectivity index (χ1n) is 10.9. The van der Waals surface area contributed by atoms with Gasteiger partial charge < -0.3 is 9.88 Å². The molecule has 8 heteroatoms. The number of rotatable bonds is 4. The highest BCUT2D eigenvalue weighted by Crippen LogP contribution is 2.30. The third-order valence-corrected chi connectivity index (χ3v) is 6.77. The van der Waals surface area contributed by atoms with Gasteiger partial charge in [-0.3, -0.25) is 19.2 Å². The zero-order valence-corrected chi connectivity index (χ0v) is 18.7. The Morgan fingerprint density at radius 3 is 2.67 bits per heavy atom. The molecule has 1 atom stereocenters. The minimum Gasteiger partial charge on any atom is -0.331 e. The molecule has 8 nitrogen and oxygen atoms in total. The molecule has 1 saturated heterocycles. The summed E-state index contributed by atoms with van der Waals surface area (Å²) in [6.07, 6.45) is 2.45. The van der Waals surface area contributed by atoms with E-state index in [1.54, 1.807) is 4.68 Å². The van der Waals surface area contributed by atoms with Gasteiger partial charge in [0.1, 0.15) is 12.4 Å². The number of hydrogen-bond acceptors (Lipinski definition) is 5. The van der Waals surface area contributed by atoms with Gasteiger partial charge in [0.2, 0.25) is 5.91 Å². The first-order chi connectivity index (χ1) is 14.3. The second-order valence-electron chi connectivity index (χ2n) is 8.89. The van der Waals surface area contributed by atoms with Crippen molar-refractivity contribution < 1.29 is 4.79 Å². The number of nitrogens with one attached hydrogen (secondary N) is 1. The van der Waals surface area contributed by atoms with Crippen LogP contribution in [-0.2, 0) is 24.3 Å². The van der Waals surface area contributed by atoms with Crippen molar-refractivity contribution in [1.82, 2.24) is 29.5 Å². The summed E-state index contributed by atoms with van der Waals surface area (Å²) < 4.78 is 1.78. The summed E-state index contributed by atoms with van der Waals surface area (Å²) in [7, 11) is 0. The molecule has 0 bridgehead atoms. The van der Waals surface area contributed by atoms with Crippen LogP contribution in [0, 0.1) is 20.8 Å². The first-order valence-corrected chi connectivity index (χ1v) is 10.9. The zero-order chi connectivity index (χ0) is 21.6. The van der Waals surface area contributed by atoms with E-state index < -0.39 is 0 Å². The van der Waals surface area contributed by atoms with E-state index in [-0.39, 0.29) is 24.1 Å². The average molecular weight is 413 g/mol. The highest BCUT2D eigenvalue weighted by Gasteiger charge is 2.33. The molecule has 2 aromatic rings. The van der Waals surface area contributed by atoms with Crippen LogP contribution in [0.25, 0.3) is 0 Å². The van der Waals surface area contributed by atoms with E-state index >= 15 is 0 Å². The van der Waals surface area contributed by atoms with Gasteiger partial charge in [0.25, 0.3) is 5.56 Å². The molecular weight excluding hydrogens is 380 g/mol. The normalized spacial score (nSPS) is 19.5. The minimum atomic E-state index is -0.178. The molecule has 4 rings (SSSR count). The first kappa shape index (κ1) is 20.8. The molecule has 4 heterocycles. The summed E-state index contributed by atoms with van der Waals surface area (Å²) in [6.45, 7) is 12.8. The maximum Gasteiger partial charge on any atom is 0.254 e. The van der Waals surface area contributed by atoms with Gasteiger partial charge in [-0.05, 0) is 59.4 Å². The molecule has 1 unspecified atom stereocenters. The van der Waals surface area contributed by atoms with Crippen LogP contribution in [0.1, 0.15) is 66.8 Å². The third-order valence-electron chi connectivity index (χ3n) is 6.77. The highest BCUT2D eigenvalue weighted by atomic mass is 16.2. The fourth-order valence-electron chi connectivity index (χ4n) is 4.59. The molecule has 0 aliphatic carbocycles. The van der Waals surface area contributed by atoms with Gasteiger partial charge >= 0.3 is 0 Å². The SMILES string of the molecule is Cc1nn(CC(=O)N2CCCC2c2nc3c(c(=O)[nH]2)CCN(C(C)C)C3)c(C)c1C. The Hall–Kier alpha value is -2.48. The summed E-state index contributed by atoms with van der Waals surface area (Å²) in [5, 5.41) is 4.51. The number of aryl methyl sites for hydroxylation is 1. The molecule has 0 saturated carbocycles. The molecule has 0 spiro atoms. The molecule has 2 aliphatic heterocycles. The lowest BCUT2D eigenvalue weighted by Gasteiger charge is -2.31. The van der Waals surface area contributed by atoms with E-state index in [1.165, 1.54) is 0 Å². The number of aromatic amines is 1. The fraction of sp³-hybridized carbons (Fsp3) is 0.636. The van der Waals surface area contributed by atoms with Gasteiger partial charge in [0.05, 0.1) is 17.4 Å². The number of carbonyl (C=O) groups excluding carboxylic acids is 1. The summed E-state index contributed by atoms with van der Waals surface area (Å²) in [6, 6.07) is 0.236. The van der Waals surface area contributed by atoms with Crippen LogP contribution < -0.4 is 5.56 Å². The number of hydrogen-bond donors (Lipinski definition) is 1. The van der Waals surface area contributed by atoms with Crippen molar-refractivity contribution in [2.24, 2.45) is 0 Å². The Labute approximate surface area is 177 Å². The van der Waals surface area contributed by atoms with E-state index in [9.17, 15) is 9.59 Å². The van der Waals surface area contributed by atoms with Gasteiger partial charge in [-0.2, -0.15) is 5.10 Å². The van der Waals surface area contributed by atoms with Crippen molar-refractivity contribution in [2.45, 2.75) is 79.1 Å². The summed E-state index contributed by atoms with van der Waals surface area (Å²) in [5.74, 6) is 0.645. The number of amides is 1. The Morgan fingerprint density at radius 2 is 2.00 bits per heavy atom. The van der Waals surface area contributed by atoms with Crippen LogP contribution in [0.2, 0.25) is 0 Å². The van der Waals surface area contributed by atoms with Crippen LogP contribution in [0.15, 0.2) is 4.79 Å². The van der Waals surface area contributed by atoms with Gasteiger partial charge in [-0.1, -0.05) is 0 Å². The van der Waals surface area contributed by atoms with Crippen LogP contribution >= 0.6 is 0 Å². The molecule has 1 amide bonds.